The highest BCUT2D eigenvalue weighted by atomic mass is 35.5. The molecule has 0 aliphatic rings. The quantitative estimate of drug-likeness (QED) is 0.839. The topological polar surface area (TPSA) is 42.0 Å². The number of aromatic nitrogens is 1. The van der Waals surface area contributed by atoms with Crippen molar-refractivity contribution in [2.24, 2.45) is 0 Å². The molecule has 1 amide bonds. The molecule has 0 spiro atoms. The number of aryl methyl sites for hydroxylation is 1. The van der Waals surface area contributed by atoms with E-state index in [0.717, 1.165) is 16.8 Å². The van der Waals surface area contributed by atoms with Crippen LogP contribution in [-0.4, -0.2) is 10.9 Å². The Kier molecular flexibility index (Phi) is 3.63. The maximum absolute atomic E-state index is 12.0. The van der Waals surface area contributed by atoms with Gasteiger partial charge in [-0.2, -0.15) is 0 Å². The molecular formula is C14H13ClN2O. The average molecular weight is 261 g/mol. The zero-order valence-corrected chi connectivity index (χ0v) is 11.0. The lowest BCUT2D eigenvalue weighted by Gasteiger charge is -2.10. The van der Waals surface area contributed by atoms with Crippen LogP contribution < -0.4 is 5.32 Å². The number of carbonyl (C=O) groups is 1. The van der Waals surface area contributed by atoms with E-state index in [-0.39, 0.29) is 5.91 Å². The Bertz CT molecular complexity index is 596. The van der Waals surface area contributed by atoms with E-state index in [4.69, 9.17) is 11.6 Å². The number of benzene rings is 1. The van der Waals surface area contributed by atoms with Crippen molar-refractivity contribution in [3.05, 3.63) is 58.4 Å². The Labute approximate surface area is 111 Å². The van der Waals surface area contributed by atoms with E-state index < -0.39 is 0 Å². The number of hydrogen-bond donors (Lipinski definition) is 1. The summed E-state index contributed by atoms with van der Waals surface area (Å²) in [5.41, 5.74) is 3.51. The number of pyridine rings is 1. The molecule has 2 aromatic rings. The lowest BCUT2D eigenvalue weighted by Crippen LogP contribution is -2.13. The molecule has 0 fully saturated rings. The first-order valence-electron chi connectivity index (χ1n) is 5.57. The fourth-order valence-corrected chi connectivity index (χ4v) is 1.80. The molecule has 3 nitrogen and oxygen atoms in total. The Morgan fingerprint density at radius 2 is 2.06 bits per heavy atom. The molecule has 0 atom stereocenters. The molecule has 0 radical (unpaired) electrons. The van der Waals surface area contributed by atoms with Crippen LogP contribution in [0.3, 0.4) is 0 Å². The highest BCUT2D eigenvalue weighted by Gasteiger charge is 2.08. The molecule has 1 aromatic heterocycles. The molecule has 92 valence electrons. The summed E-state index contributed by atoms with van der Waals surface area (Å²) < 4.78 is 0. The smallest absolute Gasteiger partial charge is 0.255 e. The molecule has 0 unspecified atom stereocenters. The largest absolute Gasteiger partial charge is 0.322 e. The molecule has 1 N–H and O–H groups in total. The van der Waals surface area contributed by atoms with Crippen LogP contribution in [0.5, 0.6) is 0 Å². The lowest BCUT2D eigenvalue weighted by molar-refractivity contribution is 0.102. The van der Waals surface area contributed by atoms with E-state index in [1.807, 2.05) is 32.0 Å². The van der Waals surface area contributed by atoms with Crippen molar-refractivity contribution < 1.29 is 4.79 Å². The van der Waals surface area contributed by atoms with Gasteiger partial charge in [-0.25, -0.2) is 4.98 Å². The summed E-state index contributed by atoms with van der Waals surface area (Å²) in [5.74, 6) is -0.187. The van der Waals surface area contributed by atoms with Gasteiger partial charge in [0.05, 0.1) is 0 Å². The number of amides is 1. The highest BCUT2D eigenvalue weighted by molar-refractivity contribution is 6.29. The molecular weight excluding hydrogens is 248 g/mol. The van der Waals surface area contributed by atoms with Crippen LogP contribution in [0.25, 0.3) is 0 Å². The summed E-state index contributed by atoms with van der Waals surface area (Å²) in [6.07, 6.45) is 1.51. The Morgan fingerprint density at radius 1 is 1.28 bits per heavy atom. The Hall–Kier alpha value is -1.87. The van der Waals surface area contributed by atoms with Crippen LogP contribution in [0.4, 0.5) is 5.69 Å². The van der Waals surface area contributed by atoms with Crippen LogP contribution in [0.1, 0.15) is 21.5 Å². The van der Waals surface area contributed by atoms with Crippen molar-refractivity contribution in [2.75, 3.05) is 5.32 Å². The van der Waals surface area contributed by atoms with Crippen molar-refractivity contribution in [1.29, 1.82) is 0 Å². The van der Waals surface area contributed by atoms with Crippen LogP contribution in [0.15, 0.2) is 36.5 Å². The summed E-state index contributed by atoms with van der Waals surface area (Å²) in [6, 6.07) is 8.98. The van der Waals surface area contributed by atoms with Crippen LogP contribution >= 0.6 is 11.6 Å². The van der Waals surface area contributed by atoms with Gasteiger partial charge in [0, 0.05) is 17.4 Å². The first kappa shape index (κ1) is 12.6. The SMILES string of the molecule is Cc1cccc(NC(=O)c2ccnc(Cl)c2)c1C. The molecule has 18 heavy (non-hydrogen) atoms. The van der Waals surface area contributed by atoms with E-state index >= 15 is 0 Å². The maximum atomic E-state index is 12.0. The number of nitrogens with zero attached hydrogens (tertiary/aromatic N) is 1. The number of halogens is 1. The number of carbonyl (C=O) groups excluding carboxylic acids is 1. The van der Waals surface area contributed by atoms with Crippen molar-refractivity contribution in [3.8, 4) is 0 Å². The minimum absolute atomic E-state index is 0.187. The standard InChI is InChI=1S/C14H13ClN2O/c1-9-4-3-5-12(10(9)2)17-14(18)11-6-7-16-13(15)8-11/h3-8H,1-2H3,(H,17,18). The molecule has 0 saturated heterocycles. The lowest BCUT2D eigenvalue weighted by atomic mass is 10.1. The van der Waals surface area contributed by atoms with Gasteiger partial charge in [0.2, 0.25) is 0 Å². The van der Waals surface area contributed by atoms with Crippen molar-refractivity contribution in [3.63, 3.8) is 0 Å². The molecule has 1 heterocycles. The highest BCUT2D eigenvalue weighted by Crippen LogP contribution is 2.19. The monoisotopic (exact) mass is 260 g/mol. The van der Waals surface area contributed by atoms with E-state index in [1.54, 1.807) is 12.1 Å². The first-order valence-corrected chi connectivity index (χ1v) is 5.95. The Morgan fingerprint density at radius 3 is 2.78 bits per heavy atom. The zero-order valence-electron chi connectivity index (χ0n) is 10.2. The van der Waals surface area contributed by atoms with E-state index in [9.17, 15) is 4.79 Å². The minimum Gasteiger partial charge on any atom is -0.322 e. The number of nitrogens with one attached hydrogen (secondary N) is 1. The summed E-state index contributed by atoms with van der Waals surface area (Å²) in [5, 5.41) is 3.18. The van der Waals surface area contributed by atoms with Gasteiger partial charge >= 0.3 is 0 Å². The second-order valence-corrected chi connectivity index (χ2v) is 4.46. The van der Waals surface area contributed by atoms with Gasteiger partial charge in [-0.1, -0.05) is 23.7 Å². The molecule has 0 aliphatic heterocycles. The Balaban J connectivity index is 2.24. The van der Waals surface area contributed by atoms with Crippen LogP contribution in [0.2, 0.25) is 5.15 Å². The van der Waals surface area contributed by atoms with Gasteiger partial charge < -0.3 is 5.32 Å². The van der Waals surface area contributed by atoms with E-state index in [2.05, 4.69) is 10.3 Å². The van der Waals surface area contributed by atoms with Gasteiger partial charge in [0.25, 0.3) is 5.91 Å². The fourth-order valence-electron chi connectivity index (χ4n) is 1.62. The predicted octanol–water partition coefficient (Wildman–Crippen LogP) is 3.60. The van der Waals surface area contributed by atoms with Gasteiger partial charge in [0.1, 0.15) is 5.15 Å². The van der Waals surface area contributed by atoms with Crippen molar-refractivity contribution in [2.45, 2.75) is 13.8 Å². The van der Waals surface area contributed by atoms with Crippen molar-refractivity contribution >= 4 is 23.2 Å². The average Bonchev–Trinajstić information content (AvgIpc) is 2.35. The normalized spacial score (nSPS) is 10.2. The molecule has 0 saturated carbocycles. The second kappa shape index (κ2) is 5.19. The van der Waals surface area contributed by atoms with Gasteiger partial charge in [-0.3, -0.25) is 4.79 Å². The molecule has 1 aromatic carbocycles. The fraction of sp³-hybridized carbons (Fsp3) is 0.143. The van der Waals surface area contributed by atoms with Crippen molar-refractivity contribution in [1.82, 2.24) is 4.98 Å². The summed E-state index contributed by atoms with van der Waals surface area (Å²) in [4.78, 5) is 15.9. The van der Waals surface area contributed by atoms with Gasteiger partial charge in [-0.15, -0.1) is 0 Å². The number of rotatable bonds is 2. The van der Waals surface area contributed by atoms with Gasteiger partial charge in [0.15, 0.2) is 0 Å². The van der Waals surface area contributed by atoms with Gasteiger partial charge in [-0.05, 0) is 43.2 Å². The number of hydrogen-bond acceptors (Lipinski definition) is 2. The third-order valence-corrected chi connectivity index (χ3v) is 3.05. The second-order valence-electron chi connectivity index (χ2n) is 4.07. The zero-order chi connectivity index (χ0) is 13.1. The molecule has 2 rings (SSSR count). The first-order chi connectivity index (χ1) is 8.58. The third kappa shape index (κ3) is 2.68. The molecule has 4 heteroatoms. The molecule has 0 bridgehead atoms. The summed E-state index contributed by atoms with van der Waals surface area (Å²) >= 11 is 5.76. The minimum atomic E-state index is -0.187. The molecule has 0 aliphatic carbocycles. The van der Waals surface area contributed by atoms with E-state index in [1.165, 1.54) is 6.20 Å². The number of anilines is 1. The maximum Gasteiger partial charge on any atom is 0.255 e. The summed E-state index contributed by atoms with van der Waals surface area (Å²) in [7, 11) is 0. The summed E-state index contributed by atoms with van der Waals surface area (Å²) in [6.45, 7) is 3.98. The van der Waals surface area contributed by atoms with E-state index in [0.29, 0.717) is 10.7 Å². The van der Waals surface area contributed by atoms with Crippen LogP contribution in [0, 0.1) is 13.8 Å². The van der Waals surface area contributed by atoms with Crippen LogP contribution in [-0.2, 0) is 0 Å². The third-order valence-electron chi connectivity index (χ3n) is 2.84. The predicted molar refractivity (Wildman–Crippen MR) is 73.1 cm³/mol.